The van der Waals surface area contributed by atoms with Crippen LogP contribution in [0.4, 0.5) is 34.1 Å². The molecule has 0 bridgehead atoms. The molecule has 5 nitrogen and oxygen atoms in total. The molecular weight excluding hydrogens is 1270 g/mol. The predicted molar refractivity (Wildman–Crippen MR) is 447 cm³/mol. The maximum atomic E-state index is 6.62. The molecule has 0 N–H and O–H groups in total. The lowest BCUT2D eigenvalue weighted by Crippen LogP contribution is -2.61. The largest absolute Gasteiger partial charge is 0.456 e. The number of rotatable bonds is 9. The van der Waals surface area contributed by atoms with Crippen molar-refractivity contribution in [2.24, 2.45) is 0 Å². The number of benzene rings is 13. The zero-order valence-electron chi connectivity index (χ0n) is 62.1. The molecule has 5 heterocycles. The van der Waals surface area contributed by atoms with Gasteiger partial charge in [-0.15, -0.1) is 0 Å². The van der Waals surface area contributed by atoms with E-state index in [1.54, 1.807) is 0 Å². The van der Waals surface area contributed by atoms with Gasteiger partial charge in [0.15, 0.2) is 0 Å². The quantitative estimate of drug-likeness (QED) is 0.135. The monoisotopic (exact) mass is 1360 g/mol. The molecule has 510 valence electrons. The number of para-hydroxylation sites is 4. The second-order valence-corrected chi connectivity index (χ2v) is 33.2. The number of nitrogens with zero attached hydrogens (tertiary/aromatic N) is 4. The third-order valence-electron chi connectivity index (χ3n) is 22.2. The van der Waals surface area contributed by atoms with E-state index in [9.17, 15) is 0 Å². The number of furan rings is 1. The summed E-state index contributed by atoms with van der Waals surface area (Å²) in [7, 11) is 0. The Morgan fingerprint density at radius 3 is 1.42 bits per heavy atom. The van der Waals surface area contributed by atoms with Crippen molar-refractivity contribution in [2.45, 2.75) is 105 Å². The van der Waals surface area contributed by atoms with E-state index in [4.69, 9.17) is 9.40 Å². The van der Waals surface area contributed by atoms with E-state index in [1.807, 2.05) is 0 Å². The number of hydrogen-bond donors (Lipinski definition) is 0. The van der Waals surface area contributed by atoms with Crippen LogP contribution < -0.4 is 26.2 Å². The average Bonchev–Trinajstić information content (AvgIpc) is 1.19. The predicted octanol–water partition coefficient (Wildman–Crippen LogP) is 25.4. The molecule has 18 rings (SSSR count). The van der Waals surface area contributed by atoms with Crippen LogP contribution in [-0.4, -0.2) is 16.3 Å². The summed E-state index contributed by atoms with van der Waals surface area (Å²) >= 11 is 0. The Morgan fingerprint density at radius 1 is 0.305 bits per heavy atom. The number of hydrogen-bond acceptors (Lipinski definition) is 4. The van der Waals surface area contributed by atoms with Crippen LogP contribution in [0, 0.1) is 0 Å². The minimum atomic E-state index is -0.274. The van der Waals surface area contributed by atoms with Gasteiger partial charge in [-0.05, 0) is 172 Å². The Hall–Kier alpha value is -11.7. The lowest BCUT2D eigenvalue weighted by atomic mass is 9.33. The third kappa shape index (κ3) is 11.1. The average molecular weight is 1360 g/mol. The standard InChI is InChI=1S/C99H85BN4O/c1-96(2,3)70-52-67(53-71(60-70)97(4,5)6)65-46-49-80-86(57-65)103(94-75(63-32-18-14-19-33-63)39-28-40-76(94)64-34-20-15-21-35-64)88-59-69(68-54-72(98(7,8)9)61-73(55-68)99(10,11)12)58-87-93(88)100(80)81-56-66(47-50-85(81)102(87)83-42-25-22-36-74(83)62-30-16-13-17-31-62)82-41-29-45-91(101-82)104-84-43-26-23-37-77(84)78-48-51-90-92(95(78)104)79-38-24-27-44-89(79)105-90/h13-61H,1-12H3. The van der Waals surface area contributed by atoms with E-state index in [1.165, 1.54) is 49.8 Å². The van der Waals surface area contributed by atoms with Gasteiger partial charge < -0.3 is 14.2 Å². The number of anilines is 6. The van der Waals surface area contributed by atoms with Crippen LogP contribution in [0.5, 0.6) is 0 Å². The summed E-state index contributed by atoms with van der Waals surface area (Å²) < 4.78 is 8.98. The molecule has 0 aliphatic carbocycles. The third-order valence-corrected chi connectivity index (χ3v) is 22.2. The topological polar surface area (TPSA) is 37.4 Å². The molecule has 0 amide bonds. The summed E-state index contributed by atoms with van der Waals surface area (Å²) in [4.78, 5) is 11.2. The summed E-state index contributed by atoms with van der Waals surface area (Å²) in [6.07, 6.45) is 0. The zero-order valence-corrected chi connectivity index (χ0v) is 62.1. The van der Waals surface area contributed by atoms with Gasteiger partial charge in [0.1, 0.15) is 17.0 Å². The Labute approximate surface area is 617 Å². The summed E-state index contributed by atoms with van der Waals surface area (Å²) in [6.45, 7) is 27.9. The van der Waals surface area contributed by atoms with Gasteiger partial charge in [-0.25, -0.2) is 4.98 Å². The van der Waals surface area contributed by atoms with Crippen LogP contribution in [0.15, 0.2) is 302 Å². The molecule has 2 aliphatic rings. The maximum absolute atomic E-state index is 6.62. The fourth-order valence-electron chi connectivity index (χ4n) is 16.6. The molecule has 0 atom stereocenters. The molecule has 6 heteroatoms. The molecule has 0 radical (unpaired) electrons. The van der Waals surface area contributed by atoms with Crippen molar-refractivity contribution in [2.75, 3.05) is 9.80 Å². The summed E-state index contributed by atoms with van der Waals surface area (Å²) in [5, 5.41) is 4.48. The first kappa shape index (κ1) is 65.3. The van der Waals surface area contributed by atoms with Crippen molar-refractivity contribution in [3.05, 3.63) is 320 Å². The maximum Gasteiger partial charge on any atom is 0.252 e. The molecule has 13 aromatic carbocycles. The number of aromatic nitrogens is 2. The van der Waals surface area contributed by atoms with Gasteiger partial charge in [0.05, 0.1) is 33.5 Å². The second-order valence-electron chi connectivity index (χ2n) is 33.2. The Bertz CT molecular complexity index is 6030. The first-order valence-electron chi connectivity index (χ1n) is 37.2. The summed E-state index contributed by atoms with van der Waals surface area (Å²) in [5.41, 5.74) is 32.4. The van der Waals surface area contributed by atoms with Crippen LogP contribution in [0.25, 0.3) is 116 Å². The lowest BCUT2D eigenvalue weighted by molar-refractivity contribution is 0.568. The molecule has 0 unspecified atom stereocenters. The molecule has 3 aromatic heterocycles. The highest BCUT2D eigenvalue weighted by molar-refractivity contribution is 7.00. The molecule has 16 aromatic rings. The van der Waals surface area contributed by atoms with Crippen LogP contribution in [0.3, 0.4) is 0 Å². The zero-order chi connectivity index (χ0) is 72.0. The van der Waals surface area contributed by atoms with Gasteiger partial charge >= 0.3 is 0 Å². The molecule has 0 spiro atoms. The van der Waals surface area contributed by atoms with Gasteiger partial charge in [0.25, 0.3) is 6.71 Å². The first-order valence-corrected chi connectivity index (χ1v) is 37.2. The highest BCUT2D eigenvalue weighted by Gasteiger charge is 2.46. The van der Waals surface area contributed by atoms with Crippen molar-refractivity contribution in [3.63, 3.8) is 0 Å². The van der Waals surface area contributed by atoms with Crippen molar-refractivity contribution in [1.29, 1.82) is 0 Å². The van der Waals surface area contributed by atoms with E-state index in [0.29, 0.717) is 0 Å². The lowest BCUT2D eigenvalue weighted by Gasteiger charge is -2.45. The molecule has 0 saturated heterocycles. The second kappa shape index (κ2) is 24.5. The Balaban J connectivity index is 0.975. The highest BCUT2D eigenvalue weighted by Crippen LogP contribution is 2.54. The number of fused-ring (bicyclic) bond motifs is 11. The van der Waals surface area contributed by atoms with Gasteiger partial charge in [-0.3, -0.25) is 4.57 Å². The normalized spacial score (nSPS) is 13.1. The Kier molecular flexibility index (Phi) is 15.2. The fraction of sp³-hybridized carbons (Fsp3) is 0.162. The van der Waals surface area contributed by atoms with Crippen LogP contribution in [-0.2, 0) is 21.7 Å². The smallest absolute Gasteiger partial charge is 0.252 e. The van der Waals surface area contributed by atoms with Crippen molar-refractivity contribution in [1.82, 2.24) is 9.55 Å². The summed E-state index contributed by atoms with van der Waals surface area (Å²) in [5.74, 6) is 0.834. The summed E-state index contributed by atoms with van der Waals surface area (Å²) in [6, 6.07) is 112. The minimum Gasteiger partial charge on any atom is -0.456 e. The van der Waals surface area contributed by atoms with E-state index in [2.05, 4.69) is 395 Å². The van der Waals surface area contributed by atoms with Gasteiger partial charge in [-0.1, -0.05) is 314 Å². The highest BCUT2D eigenvalue weighted by atomic mass is 16.3. The molecule has 0 fully saturated rings. The molecule has 2 aliphatic heterocycles. The molecule has 0 saturated carbocycles. The van der Waals surface area contributed by atoms with E-state index in [0.717, 1.165) is 139 Å². The van der Waals surface area contributed by atoms with Crippen LogP contribution >= 0.6 is 0 Å². The SMILES string of the molecule is CC(C)(C)c1cc(-c2ccc3c(c2)N(c2c(-c4ccccc4)cccc2-c2ccccc2)c2cc(-c4cc(C(C)(C)C)cc(C(C)(C)C)c4)cc4c2B3c2cc(-c3cccc(-n5c6ccccc6c6ccc7oc8ccccc8c7c65)n3)ccc2N4c2ccccc2-c2ccccc2)cc(C(C)(C)C)c1. The molecule has 105 heavy (non-hydrogen) atoms. The Morgan fingerprint density at radius 2 is 0.800 bits per heavy atom. The van der Waals surface area contributed by atoms with Gasteiger partial charge in [-0.2, -0.15) is 0 Å². The van der Waals surface area contributed by atoms with Gasteiger partial charge in [0, 0.05) is 55.6 Å². The molecular formula is C99H85BN4O. The number of pyridine rings is 1. The van der Waals surface area contributed by atoms with Crippen LogP contribution in [0.1, 0.15) is 105 Å². The minimum absolute atomic E-state index is 0.105. The van der Waals surface area contributed by atoms with Crippen molar-refractivity contribution < 1.29 is 4.42 Å². The van der Waals surface area contributed by atoms with Gasteiger partial charge in [0.2, 0.25) is 0 Å². The van der Waals surface area contributed by atoms with Crippen molar-refractivity contribution >= 4 is 101 Å². The fourth-order valence-corrected chi connectivity index (χ4v) is 16.6. The van der Waals surface area contributed by atoms with E-state index in [-0.39, 0.29) is 28.4 Å². The van der Waals surface area contributed by atoms with E-state index >= 15 is 0 Å². The van der Waals surface area contributed by atoms with Crippen molar-refractivity contribution in [3.8, 4) is 72.7 Å². The van der Waals surface area contributed by atoms with Crippen LogP contribution in [0.2, 0.25) is 0 Å². The first-order chi connectivity index (χ1) is 50.6. The van der Waals surface area contributed by atoms with E-state index < -0.39 is 0 Å².